The van der Waals surface area contributed by atoms with Crippen LogP contribution in [0.4, 0.5) is 0 Å². The molecule has 0 saturated carbocycles. The van der Waals surface area contributed by atoms with Crippen molar-refractivity contribution < 1.29 is 0 Å². The Labute approximate surface area is 746 Å². The lowest BCUT2D eigenvalue weighted by molar-refractivity contribution is 0.827. The average molecular weight is 1640 g/mol. The summed E-state index contributed by atoms with van der Waals surface area (Å²) in [4.78, 5) is 0. The van der Waals surface area contributed by atoms with Gasteiger partial charge in [-0.1, -0.05) is 315 Å². The molecule has 0 radical (unpaired) electrons. The highest BCUT2D eigenvalue weighted by Gasteiger charge is 2.24. The Bertz CT molecular complexity index is 8080. The number of benzene rings is 20. The van der Waals surface area contributed by atoms with Crippen LogP contribution < -0.4 is 0 Å². The SMILES string of the molecule is CCn1c2ccccc2c2cc(-c3ccc(-c4c5ccccc5c(-c5ccc(-c6ccc7c(c6)c6ccccc6n7CC)cc5)c5cc(C)c(C)cc45)cc3)ccc21.CCn1c2ccccc2c2cc(-c3ccc(-c4ccc(-c5c6ccccc6c(-c6ccc(-c7ccc(-c8ccc9c(c8)c8ccccc8n9CC)cc7)cc6)c6cc(C)c(C)cc56)cc4)cc3)ccc21. The molecule has 0 bridgehead atoms. The number of hydrogen-bond acceptors (Lipinski definition) is 0. The Balaban J connectivity index is 0.000000149. The van der Waals surface area contributed by atoms with Crippen LogP contribution in [0.3, 0.4) is 0 Å². The van der Waals surface area contributed by atoms with E-state index in [-0.39, 0.29) is 0 Å². The molecule has 0 fully saturated rings. The zero-order valence-electron chi connectivity index (χ0n) is 73.6. The fraction of sp³-hybridized carbons (Fsp3) is 0.0968. The van der Waals surface area contributed by atoms with Gasteiger partial charge in [0.1, 0.15) is 0 Å². The largest absolute Gasteiger partial charge is 0.341 e. The normalized spacial score (nSPS) is 11.9. The molecule has 0 aliphatic rings. The first kappa shape index (κ1) is 77.4. The molecule has 0 N–H and O–H groups in total. The van der Waals surface area contributed by atoms with Crippen LogP contribution in [-0.4, -0.2) is 18.3 Å². The van der Waals surface area contributed by atoms with E-state index in [0.717, 1.165) is 26.2 Å². The van der Waals surface area contributed by atoms with E-state index in [4.69, 9.17) is 0 Å². The third-order valence-electron chi connectivity index (χ3n) is 28.1. The Hall–Kier alpha value is -15.4. The lowest BCUT2D eigenvalue weighted by Gasteiger charge is -2.19. The summed E-state index contributed by atoms with van der Waals surface area (Å²) in [7, 11) is 0. The second-order valence-corrected chi connectivity index (χ2v) is 35.0. The molecule has 4 heteroatoms. The summed E-state index contributed by atoms with van der Waals surface area (Å²) in [5.41, 5.74) is 40.4. The maximum absolute atomic E-state index is 2.42. The number of rotatable bonds is 14. The van der Waals surface area contributed by atoms with Crippen LogP contribution in [0.2, 0.25) is 0 Å². The molecule has 4 nitrogen and oxygen atoms in total. The van der Waals surface area contributed by atoms with Crippen molar-refractivity contribution in [2.75, 3.05) is 0 Å². The van der Waals surface area contributed by atoms with Gasteiger partial charge in [-0.2, -0.15) is 0 Å². The fourth-order valence-electron chi connectivity index (χ4n) is 21.4. The van der Waals surface area contributed by atoms with Crippen molar-refractivity contribution >= 4 is 130 Å². The summed E-state index contributed by atoms with van der Waals surface area (Å²) in [6.45, 7) is 21.7. The van der Waals surface area contributed by atoms with E-state index < -0.39 is 0 Å². The van der Waals surface area contributed by atoms with Gasteiger partial charge in [0.15, 0.2) is 0 Å². The van der Waals surface area contributed by atoms with Gasteiger partial charge in [0.2, 0.25) is 0 Å². The molecule has 612 valence electrons. The maximum Gasteiger partial charge on any atom is 0.0491 e. The summed E-state index contributed by atoms with van der Waals surface area (Å²) in [5, 5.41) is 20.7. The van der Waals surface area contributed by atoms with Crippen LogP contribution in [0.25, 0.3) is 242 Å². The molecule has 4 heterocycles. The number of nitrogens with zero attached hydrogens (tertiary/aromatic N) is 4. The zero-order chi connectivity index (χ0) is 86.1. The minimum absolute atomic E-state index is 0.951. The predicted octanol–water partition coefficient (Wildman–Crippen LogP) is 34.4. The van der Waals surface area contributed by atoms with E-state index >= 15 is 0 Å². The number of hydrogen-bond donors (Lipinski definition) is 0. The quantitative estimate of drug-likeness (QED) is 0.0967. The number of para-hydroxylation sites is 4. The molecule has 0 atom stereocenters. The van der Waals surface area contributed by atoms with E-state index in [1.807, 2.05) is 0 Å². The third kappa shape index (κ3) is 12.8. The summed E-state index contributed by atoms with van der Waals surface area (Å²) >= 11 is 0. The average Bonchev–Trinajstić information content (AvgIpc) is 1.17. The standard InChI is InChI=1S/C68H52N2.C56H44N2/c1-5-69-63-17-11-9-13-55(63)59-41-53(35-37-65(59)69)49-23-19-45(20-24-49)47-27-31-51(32-28-47)67-57-15-7-8-16-58(57)68(62-40-44(4)43(3)39-61(62)67)52-33-29-48(30-34-52)46-21-25-50(26-22-46)54-36-38-66-60(42-54)56-14-10-12-18-64(56)70(66)6-2;1-5-57-51-17-11-9-13-43(51)47-33-41(27-29-53(47)57)37-19-23-39(24-20-37)55-45-15-7-8-16-46(45)56(50-32-36(4)35(3)31-49(50)55)40-25-21-38(22-26-40)42-28-30-54-48(34-42)44-14-10-12-18-52(44)58(54)6-2/h7-42H,5-6H2,1-4H3;7-34H,5-6H2,1-4H3. The van der Waals surface area contributed by atoms with Crippen molar-refractivity contribution in [1.82, 2.24) is 18.3 Å². The molecule has 128 heavy (non-hydrogen) atoms. The van der Waals surface area contributed by atoms with E-state index in [1.54, 1.807) is 0 Å². The van der Waals surface area contributed by atoms with Crippen LogP contribution in [-0.2, 0) is 26.2 Å². The van der Waals surface area contributed by atoms with Crippen molar-refractivity contribution in [2.45, 2.75) is 81.6 Å². The lowest BCUT2D eigenvalue weighted by atomic mass is 9.84. The van der Waals surface area contributed by atoms with Gasteiger partial charge < -0.3 is 18.3 Å². The highest BCUT2D eigenvalue weighted by Crippen LogP contribution is 2.50. The topological polar surface area (TPSA) is 19.7 Å². The number of aryl methyl sites for hydroxylation is 8. The number of aromatic nitrogens is 4. The summed E-state index contributed by atoms with van der Waals surface area (Å²) in [5.74, 6) is 0. The fourth-order valence-corrected chi connectivity index (χ4v) is 21.4. The van der Waals surface area contributed by atoms with Crippen LogP contribution in [0.15, 0.2) is 388 Å². The highest BCUT2D eigenvalue weighted by molar-refractivity contribution is 6.24. The van der Waals surface area contributed by atoms with Crippen LogP contribution in [0, 0.1) is 27.7 Å². The minimum Gasteiger partial charge on any atom is -0.341 e. The Morgan fingerprint density at radius 3 is 0.469 bits per heavy atom. The number of fused-ring (bicyclic) bond motifs is 16. The predicted molar refractivity (Wildman–Crippen MR) is 551 cm³/mol. The second kappa shape index (κ2) is 31.4. The monoisotopic (exact) mass is 1640 g/mol. The van der Waals surface area contributed by atoms with Gasteiger partial charge >= 0.3 is 0 Å². The molecular weight excluding hydrogens is 1550 g/mol. The smallest absolute Gasteiger partial charge is 0.0491 e. The molecule has 20 aromatic carbocycles. The first-order chi connectivity index (χ1) is 62.9. The molecule has 0 saturated heterocycles. The molecular formula is C124H96N4. The lowest BCUT2D eigenvalue weighted by Crippen LogP contribution is -1.93. The van der Waals surface area contributed by atoms with Gasteiger partial charge in [-0.15, -0.1) is 0 Å². The van der Waals surface area contributed by atoms with Gasteiger partial charge in [-0.05, 0) is 305 Å². The van der Waals surface area contributed by atoms with Crippen molar-refractivity contribution in [3.63, 3.8) is 0 Å². The van der Waals surface area contributed by atoms with Crippen LogP contribution in [0.5, 0.6) is 0 Å². The molecule has 4 aromatic heterocycles. The Morgan fingerprint density at radius 1 is 0.133 bits per heavy atom. The van der Waals surface area contributed by atoms with Gasteiger partial charge in [-0.3, -0.25) is 0 Å². The Morgan fingerprint density at radius 2 is 0.281 bits per heavy atom. The molecule has 0 spiro atoms. The van der Waals surface area contributed by atoms with Crippen LogP contribution >= 0.6 is 0 Å². The van der Waals surface area contributed by atoms with Crippen molar-refractivity contribution in [1.29, 1.82) is 0 Å². The van der Waals surface area contributed by atoms with Crippen molar-refractivity contribution in [2.24, 2.45) is 0 Å². The van der Waals surface area contributed by atoms with E-state index in [0.29, 0.717) is 0 Å². The highest BCUT2D eigenvalue weighted by atomic mass is 15.0. The molecule has 0 unspecified atom stereocenters. The molecule has 24 rings (SSSR count). The van der Waals surface area contributed by atoms with Gasteiger partial charge in [0, 0.05) is 113 Å². The molecule has 0 aliphatic carbocycles. The van der Waals surface area contributed by atoms with Crippen molar-refractivity contribution in [3.05, 3.63) is 411 Å². The van der Waals surface area contributed by atoms with Crippen molar-refractivity contribution in [3.8, 4) is 111 Å². The van der Waals surface area contributed by atoms with E-state index in [1.165, 1.54) is 264 Å². The molecule has 0 amide bonds. The van der Waals surface area contributed by atoms with Gasteiger partial charge in [-0.25, -0.2) is 0 Å². The molecule has 24 aromatic rings. The zero-order valence-corrected chi connectivity index (χ0v) is 73.6. The first-order valence-corrected chi connectivity index (χ1v) is 45.5. The second-order valence-electron chi connectivity index (χ2n) is 35.0. The Kier molecular flexibility index (Phi) is 19.0. The maximum atomic E-state index is 2.42. The van der Waals surface area contributed by atoms with Gasteiger partial charge in [0.25, 0.3) is 0 Å². The molecule has 0 aliphatic heterocycles. The van der Waals surface area contributed by atoms with Crippen LogP contribution in [0.1, 0.15) is 49.9 Å². The first-order valence-electron chi connectivity index (χ1n) is 45.5. The van der Waals surface area contributed by atoms with E-state index in [9.17, 15) is 0 Å². The summed E-state index contributed by atoms with van der Waals surface area (Å²) in [6.07, 6.45) is 0. The third-order valence-corrected chi connectivity index (χ3v) is 28.1. The summed E-state index contributed by atoms with van der Waals surface area (Å²) in [6, 6.07) is 146. The minimum atomic E-state index is 0.951. The van der Waals surface area contributed by atoms with E-state index in [2.05, 4.69) is 462 Å². The van der Waals surface area contributed by atoms with Gasteiger partial charge in [0.05, 0.1) is 0 Å². The summed E-state index contributed by atoms with van der Waals surface area (Å²) < 4.78 is 9.67.